The maximum absolute atomic E-state index is 12.7. The number of hydrogen-bond acceptors (Lipinski definition) is 5. The van der Waals surface area contributed by atoms with Crippen molar-refractivity contribution in [3.05, 3.63) is 39.7 Å². The number of para-hydroxylation sites is 2. The Labute approximate surface area is 170 Å². The van der Waals surface area contributed by atoms with Crippen molar-refractivity contribution < 1.29 is 9.53 Å². The number of nitrogens with one attached hydrogen (secondary N) is 1. The van der Waals surface area contributed by atoms with E-state index in [0.29, 0.717) is 11.6 Å². The van der Waals surface area contributed by atoms with Crippen molar-refractivity contribution in [2.75, 3.05) is 38.2 Å². The van der Waals surface area contributed by atoms with E-state index in [0.717, 1.165) is 54.0 Å². The average Bonchev–Trinajstić information content (AvgIpc) is 3.19. The van der Waals surface area contributed by atoms with Gasteiger partial charge in [-0.25, -0.2) is 4.98 Å². The van der Waals surface area contributed by atoms with Crippen LogP contribution in [0.3, 0.4) is 0 Å². The van der Waals surface area contributed by atoms with E-state index in [9.17, 15) is 4.79 Å². The fraction of sp³-hybridized carbons (Fsp3) is 0.389. The normalized spacial score (nSPS) is 15.3. The Bertz CT molecular complexity index is 960. The summed E-state index contributed by atoms with van der Waals surface area (Å²) in [6.45, 7) is 5.03. The summed E-state index contributed by atoms with van der Waals surface area (Å²) in [5.74, 6) is 0.304. The summed E-state index contributed by atoms with van der Waals surface area (Å²) in [5, 5.41) is 7.19. The van der Waals surface area contributed by atoms with Crippen LogP contribution >= 0.6 is 22.6 Å². The summed E-state index contributed by atoms with van der Waals surface area (Å²) in [4.78, 5) is 19.7. The first-order chi connectivity index (χ1) is 13.1. The molecule has 1 fully saturated rings. The number of carbonyl (C=O) groups excluding carboxylic acids is 1. The van der Waals surface area contributed by atoms with Crippen LogP contribution in [0.5, 0.6) is 0 Å². The van der Waals surface area contributed by atoms with Gasteiger partial charge in [0.05, 0.1) is 27.8 Å². The van der Waals surface area contributed by atoms with E-state index in [1.54, 1.807) is 11.7 Å². The lowest BCUT2D eigenvalue weighted by molar-refractivity contribution is 0.0366. The first-order valence-electron chi connectivity index (χ1n) is 8.87. The van der Waals surface area contributed by atoms with Crippen molar-refractivity contribution in [3.8, 4) is 0 Å². The van der Waals surface area contributed by atoms with Gasteiger partial charge in [0, 0.05) is 39.4 Å². The molecule has 9 heteroatoms. The van der Waals surface area contributed by atoms with Crippen LogP contribution in [0.15, 0.2) is 30.5 Å². The minimum atomic E-state index is -0.247. The van der Waals surface area contributed by atoms with E-state index in [-0.39, 0.29) is 5.91 Å². The zero-order valence-corrected chi connectivity index (χ0v) is 17.2. The average molecular weight is 480 g/mol. The van der Waals surface area contributed by atoms with Gasteiger partial charge < -0.3 is 9.30 Å². The third kappa shape index (κ3) is 3.99. The third-order valence-corrected chi connectivity index (χ3v) is 5.41. The van der Waals surface area contributed by atoms with Crippen molar-refractivity contribution in [3.63, 3.8) is 0 Å². The second-order valence-electron chi connectivity index (χ2n) is 6.48. The van der Waals surface area contributed by atoms with Gasteiger partial charge >= 0.3 is 0 Å². The second-order valence-corrected chi connectivity index (χ2v) is 7.65. The van der Waals surface area contributed by atoms with E-state index in [2.05, 4.69) is 47.5 Å². The van der Waals surface area contributed by atoms with Crippen LogP contribution in [0.25, 0.3) is 11.0 Å². The summed E-state index contributed by atoms with van der Waals surface area (Å²) in [6.07, 6.45) is 1.82. The highest BCUT2D eigenvalue weighted by atomic mass is 127. The predicted octanol–water partition coefficient (Wildman–Crippen LogP) is 1.96. The van der Waals surface area contributed by atoms with Gasteiger partial charge in [0.2, 0.25) is 5.95 Å². The van der Waals surface area contributed by atoms with E-state index in [1.807, 2.05) is 30.5 Å². The van der Waals surface area contributed by atoms with Gasteiger partial charge in [-0.1, -0.05) is 12.1 Å². The molecule has 1 aromatic carbocycles. The minimum Gasteiger partial charge on any atom is -0.379 e. The topological polar surface area (TPSA) is 77.2 Å². The SMILES string of the molecule is Cn1cc(I)c(C(=O)Nc2nc3ccccc3n2CCN2CCOCC2)n1. The van der Waals surface area contributed by atoms with Gasteiger partial charge in [0.1, 0.15) is 0 Å². The van der Waals surface area contributed by atoms with E-state index >= 15 is 0 Å². The van der Waals surface area contributed by atoms with Gasteiger partial charge in [-0.05, 0) is 34.7 Å². The molecule has 1 saturated heterocycles. The standard InChI is InChI=1S/C18H21IN6O2/c1-23-12-13(19)16(22-23)17(26)21-18-20-14-4-2-3-5-15(14)25(18)7-6-24-8-10-27-11-9-24/h2-5,12H,6-11H2,1H3,(H,20,21,26). The molecule has 4 rings (SSSR count). The number of carbonyl (C=O) groups is 1. The van der Waals surface area contributed by atoms with Crippen LogP contribution in [0, 0.1) is 3.57 Å². The Morgan fingerprint density at radius 2 is 2.04 bits per heavy atom. The van der Waals surface area contributed by atoms with Crippen LogP contribution in [0.2, 0.25) is 0 Å². The summed E-state index contributed by atoms with van der Waals surface area (Å²) in [5.41, 5.74) is 2.28. The highest BCUT2D eigenvalue weighted by Gasteiger charge is 2.19. The quantitative estimate of drug-likeness (QED) is 0.566. The number of aromatic nitrogens is 4. The molecule has 1 aliphatic heterocycles. The molecule has 0 saturated carbocycles. The summed E-state index contributed by atoms with van der Waals surface area (Å²) in [7, 11) is 1.80. The zero-order valence-electron chi connectivity index (χ0n) is 15.1. The van der Waals surface area contributed by atoms with Crippen LogP contribution in [0.1, 0.15) is 10.5 Å². The fourth-order valence-electron chi connectivity index (χ4n) is 3.24. The monoisotopic (exact) mass is 480 g/mol. The third-order valence-electron chi connectivity index (χ3n) is 4.62. The molecule has 1 amide bonds. The molecule has 0 bridgehead atoms. The van der Waals surface area contributed by atoms with Crippen LogP contribution in [0.4, 0.5) is 5.95 Å². The Hall–Kier alpha value is -1.98. The number of amides is 1. The number of fused-ring (bicyclic) bond motifs is 1. The molecule has 1 aliphatic rings. The number of rotatable bonds is 5. The van der Waals surface area contributed by atoms with Gasteiger partial charge in [-0.15, -0.1) is 0 Å². The molecule has 27 heavy (non-hydrogen) atoms. The number of nitrogens with zero attached hydrogens (tertiary/aromatic N) is 5. The predicted molar refractivity (Wildman–Crippen MR) is 111 cm³/mol. The Balaban J connectivity index is 1.59. The molecule has 3 heterocycles. The largest absolute Gasteiger partial charge is 0.379 e. The van der Waals surface area contributed by atoms with Crippen molar-refractivity contribution in [1.82, 2.24) is 24.2 Å². The fourth-order valence-corrected chi connectivity index (χ4v) is 3.99. The van der Waals surface area contributed by atoms with Gasteiger partial charge in [0.25, 0.3) is 5.91 Å². The smallest absolute Gasteiger partial charge is 0.279 e. The number of halogens is 1. The number of aryl methyl sites for hydroxylation is 1. The van der Waals surface area contributed by atoms with Crippen LogP contribution in [-0.4, -0.2) is 63.0 Å². The lowest BCUT2D eigenvalue weighted by atomic mass is 10.3. The molecule has 8 nitrogen and oxygen atoms in total. The molecule has 3 aromatic rings. The first-order valence-corrected chi connectivity index (χ1v) is 9.95. The minimum absolute atomic E-state index is 0.247. The number of morpholine rings is 1. The Morgan fingerprint density at radius 1 is 1.26 bits per heavy atom. The van der Waals surface area contributed by atoms with Crippen LogP contribution < -0.4 is 5.32 Å². The molecule has 0 atom stereocenters. The van der Waals surface area contributed by atoms with Crippen LogP contribution in [-0.2, 0) is 18.3 Å². The maximum Gasteiger partial charge on any atom is 0.279 e. The molecule has 2 aromatic heterocycles. The number of ether oxygens (including phenoxy) is 1. The lowest BCUT2D eigenvalue weighted by Crippen LogP contribution is -2.38. The molecule has 0 spiro atoms. The first kappa shape index (κ1) is 18.4. The Morgan fingerprint density at radius 3 is 2.78 bits per heavy atom. The highest BCUT2D eigenvalue weighted by Crippen LogP contribution is 2.21. The number of benzene rings is 1. The lowest BCUT2D eigenvalue weighted by Gasteiger charge is -2.26. The van der Waals surface area contributed by atoms with E-state index < -0.39 is 0 Å². The molecule has 0 radical (unpaired) electrons. The summed E-state index contributed by atoms with van der Waals surface area (Å²) >= 11 is 2.12. The van der Waals surface area contributed by atoms with Gasteiger partial charge in [0.15, 0.2) is 5.69 Å². The molecular weight excluding hydrogens is 459 g/mol. The molecule has 142 valence electrons. The number of imidazole rings is 1. The maximum atomic E-state index is 12.7. The van der Waals surface area contributed by atoms with Crippen molar-refractivity contribution in [2.24, 2.45) is 7.05 Å². The highest BCUT2D eigenvalue weighted by molar-refractivity contribution is 14.1. The van der Waals surface area contributed by atoms with Crippen molar-refractivity contribution in [1.29, 1.82) is 0 Å². The Kier molecular flexibility index (Phi) is 5.41. The summed E-state index contributed by atoms with van der Waals surface area (Å²) in [6, 6.07) is 7.93. The molecule has 0 aliphatic carbocycles. The number of anilines is 1. The molecular formula is C18H21IN6O2. The van der Waals surface area contributed by atoms with E-state index in [4.69, 9.17) is 4.74 Å². The van der Waals surface area contributed by atoms with Crippen molar-refractivity contribution in [2.45, 2.75) is 6.54 Å². The number of hydrogen-bond donors (Lipinski definition) is 1. The van der Waals surface area contributed by atoms with Gasteiger partial charge in [-0.3, -0.25) is 19.7 Å². The zero-order chi connectivity index (χ0) is 18.8. The van der Waals surface area contributed by atoms with Crippen molar-refractivity contribution >= 4 is 45.5 Å². The van der Waals surface area contributed by atoms with E-state index in [1.165, 1.54) is 0 Å². The summed E-state index contributed by atoms with van der Waals surface area (Å²) < 4.78 is 9.93. The molecule has 0 unspecified atom stereocenters. The molecule has 1 N–H and O–H groups in total. The second kappa shape index (κ2) is 7.95. The van der Waals surface area contributed by atoms with Gasteiger partial charge in [-0.2, -0.15) is 5.10 Å².